The van der Waals surface area contributed by atoms with Crippen molar-refractivity contribution in [3.8, 4) is 11.5 Å². The molecule has 1 N–H and O–H groups in total. The number of para-hydroxylation sites is 1. The number of rotatable bonds is 7. The van der Waals surface area contributed by atoms with Gasteiger partial charge in [-0.15, -0.1) is 10.2 Å². The summed E-state index contributed by atoms with van der Waals surface area (Å²) < 4.78 is 10.5. The molecule has 0 fully saturated rings. The fraction of sp³-hybridized carbons (Fsp3) is 0.438. The van der Waals surface area contributed by atoms with Gasteiger partial charge in [-0.3, -0.25) is 10.1 Å². The van der Waals surface area contributed by atoms with Crippen LogP contribution in [0.3, 0.4) is 0 Å². The van der Waals surface area contributed by atoms with Gasteiger partial charge < -0.3 is 9.47 Å². The summed E-state index contributed by atoms with van der Waals surface area (Å²) >= 11 is 1.40. The van der Waals surface area contributed by atoms with Crippen molar-refractivity contribution in [3.05, 3.63) is 28.8 Å². The Labute approximate surface area is 139 Å². The molecular formula is C16H21N3O3S. The highest BCUT2D eigenvalue weighted by molar-refractivity contribution is 7.15. The first-order valence-corrected chi connectivity index (χ1v) is 8.28. The zero-order chi connectivity index (χ0) is 16.8. The predicted octanol–water partition coefficient (Wildman–Crippen LogP) is 3.71. The molecule has 0 saturated carbocycles. The van der Waals surface area contributed by atoms with E-state index >= 15 is 0 Å². The van der Waals surface area contributed by atoms with Crippen LogP contribution < -0.4 is 14.8 Å². The van der Waals surface area contributed by atoms with E-state index in [2.05, 4.69) is 29.4 Å². The summed E-state index contributed by atoms with van der Waals surface area (Å²) in [4.78, 5) is 12.5. The third-order valence-corrected chi connectivity index (χ3v) is 4.52. The second-order valence-electron chi connectivity index (χ2n) is 5.13. The molecule has 1 heterocycles. The second-order valence-corrected chi connectivity index (χ2v) is 6.14. The number of carbonyl (C=O) groups is 1. The number of hydrogen-bond acceptors (Lipinski definition) is 6. The molecule has 0 aliphatic rings. The first-order chi connectivity index (χ1) is 11.1. The smallest absolute Gasteiger partial charge is 0.261 e. The van der Waals surface area contributed by atoms with Crippen molar-refractivity contribution in [1.82, 2.24) is 10.2 Å². The largest absolute Gasteiger partial charge is 0.493 e. The van der Waals surface area contributed by atoms with Gasteiger partial charge in [0.05, 0.1) is 19.8 Å². The fourth-order valence-corrected chi connectivity index (χ4v) is 3.10. The fourth-order valence-electron chi connectivity index (χ4n) is 2.27. The summed E-state index contributed by atoms with van der Waals surface area (Å²) in [6, 6.07) is 5.16. The molecule has 0 bridgehead atoms. The van der Waals surface area contributed by atoms with Crippen LogP contribution in [-0.2, 0) is 0 Å². The number of ether oxygens (including phenoxy) is 2. The summed E-state index contributed by atoms with van der Waals surface area (Å²) in [7, 11) is 3.04. The number of nitrogens with one attached hydrogen (secondary N) is 1. The molecule has 2 aromatic rings. The van der Waals surface area contributed by atoms with Crippen molar-refractivity contribution < 1.29 is 14.3 Å². The van der Waals surface area contributed by atoms with Crippen molar-refractivity contribution in [1.29, 1.82) is 0 Å². The normalized spacial score (nSPS) is 11.8. The van der Waals surface area contributed by atoms with Crippen molar-refractivity contribution in [3.63, 3.8) is 0 Å². The van der Waals surface area contributed by atoms with Crippen LogP contribution >= 0.6 is 11.3 Å². The molecule has 7 heteroatoms. The molecule has 1 unspecified atom stereocenters. The maximum absolute atomic E-state index is 12.5. The van der Waals surface area contributed by atoms with Gasteiger partial charge in [0.15, 0.2) is 11.5 Å². The van der Waals surface area contributed by atoms with Crippen LogP contribution in [0.2, 0.25) is 0 Å². The lowest BCUT2D eigenvalue weighted by molar-refractivity contribution is 0.102. The lowest BCUT2D eigenvalue weighted by atomic mass is 10.1. The minimum Gasteiger partial charge on any atom is -0.493 e. The van der Waals surface area contributed by atoms with E-state index in [4.69, 9.17) is 9.47 Å². The Morgan fingerprint density at radius 3 is 2.74 bits per heavy atom. The van der Waals surface area contributed by atoms with Crippen molar-refractivity contribution >= 4 is 22.4 Å². The lowest BCUT2D eigenvalue weighted by Crippen LogP contribution is -2.13. The minimum absolute atomic E-state index is 0.299. The van der Waals surface area contributed by atoms with Crippen LogP contribution in [0.5, 0.6) is 11.5 Å². The van der Waals surface area contributed by atoms with Gasteiger partial charge in [-0.05, 0) is 18.6 Å². The first kappa shape index (κ1) is 17.2. The van der Waals surface area contributed by atoms with E-state index in [1.807, 2.05) is 0 Å². The Hall–Kier alpha value is -2.15. The summed E-state index contributed by atoms with van der Waals surface area (Å²) in [5.41, 5.74) is 0.394. The second kappa shape index (κ2) is 7.92. The predicted molar refractivity (Wildman–Crippen MR) is 90.7 cm³/mol. The third kappa shape index (κ3) is 3.98. The van der Waals surface area contributed by atoms with Gasteiger partial charge in [0.1, 0.15) is 5.01 Å². The molecule has 0 saturated heterocycles. The Morgan fingerprint density at radius 2 is 2.09 bits per heavy atom. The minimum atomic E-state index is -0.299. The Morgan fingerprint density at radius 1 is 1.30 bits per heavy atom. The summed E-state index contributed by atoms with van der Waals surface area (Å²) in [6.45, 7) is 4.25. The monoisotopic (exact) mass is 335 g/mol. The Balaban J connectivity index is 2.17. The number of anilines is 1. The maximum Gasteiger partial charge on any atom is 0.261 e. The number of aromatic nitrogens is 2. The van der Waals surface area contributed by atoms with E-state index in [0.717, 1.165) is 17.8 Å². The summed E-state index contributed by atoms with van der Waals surface area (Å²) in [5, 5.41) is 12.4. The quantitative estimate of drug-likeness (QED) is 0.835. The Kier molecular flexibility index (Phi) is 5.92. The van der Waals surface area contributed by atoms with E-state index in [1.54, 1.807) is 18.2 Å². The molecule has 0 radical (unpaired) electrons. The summed E-state index contributed by atoms with van der Waals surface area (Å²) in [6.07, 6.45) is 2.13. The van der Waals surface area contributed by atoms with E-state index in [9.17, 15) is 4.79 Å². The standard InChI is InChI=1S/C16H21N3O3S/c1-5-7-10(2)15-18-19-16(23-15)17-14(20)11-8-6-9-12(21-3)13(11)22-4/h6,8-10H,5,7H2,1-4H3,(H,17,19,20). The molecule has 124 valence electrons. The molecule has 2 rings (SSSR count). The van der Waals surface area contributed by atoms with E-state index in [0.29, 0.717) is 28.1 Å². The molecular weight excluding hydrogens is 314 g/mol. The number of carbonyl (C=O) groups excluding carboxylic acids is 1. The van der Waals surface area contributed by atoms with Gasteiger partial charge in [-0.25, -0.2) is 0 Å². The van der Waals surface area contributed by atoms with Crippen LogP contribution in [0.1, 0.15) is 48.0 Å². The van der Waals surface area contributed by atoms with Gasteiger partial charge in [-0.1, -0.05) is 37.7 Å². The highest BCUT2D eigenvalue weighted by atomic mass is 32.1. The Bertz CT molecular complexity index is 672. The molecule has 0 spiro atoms. The van der Waals surface area contributed by atoms with Crippen molar-refractivity contribution in [2.45, 2.75) is 32.6 Å². The van der Waals surface area contributed by atoms with Gasteiger partial charge in [0.2, 0.25) is 5.13 Å². The third-order valence-electron chi connectivity index (χ3n) is 3.45. The number of amides is 1. The summed E-state index contributed by atoms with van der Waals surface area (Å²) in [5.74, 6) is 0.951. The topological polar surface area (TPSA) is 73.3 Å². The molecule has 6 nitrogen and oxygen atoms in total. The van der Waals surface area contributed by atoms with E-state index in [-0.39, 0.29) is 5.91 Å². The van der Waals surface area contributed by atoms with E-state index in [1.165, 1.54) is 25.6 Å². The van der Waals surface area contributed by atoms with Gasteiger partial charge in [-0.2, -0.15) is 0 Å². The molecule has 0 aliphatic carbocycles. The molecule has 1 amide bonds. The van der Waals surface area contributed by atoms with Crippen LogP contribution in [0.4, 0.5) is 5.13 Å². The number of methoxy groups -OCH3 is 2. The number of hydrogen-bond donors (Lipinski definition) is 1. The highest BCUT2D eigenvalue weighted by Crippen LogP contribution is 2.32. The zero-order valence-electron chi connectivity index (χ0n) is 13.8. The van der Waals surface area contributed by atoms with Crippen molar-refractivity contribution in [2.75, 3.05) is 19.5 Å². The van der Waals surface area contributed by atoms with Crippen LogP contribution in [0, 0.1) is 0 Å². The zero-order valence-corrected chi connectivity index (χ0v) is 14.6. The molecule has 23 heavy (non-hydrogen) atoms. The van der Waals surface area contributed by atoms with Crippen LogP contribution in [-0.4, -0.2) is 30.3 Å². The molecule has 1 atom stereocenters. The molecule has 1 aromatic carbocycles. The number of nitrogens with zero attached hydrogens (tertiary/aromatic N) is 2. The highest BCUT2D eigenvalue weighted by Gasteiger charge is 2.18. The molecule has 1 aromatic heterocycles. The van der Waals surface area contributed by atoms with Crippen LogP contribution in [0.25, 0.3) is 0 Å². The average molecular weight is 335 g/mol. The van der Waals surface area contributed by atoms with Crippen LogP contribution in [0.15, 0.2) is 18.2 Å². The number of benzene rings is 1. The molecule has 0 aliphatic heterocycles. The maximum atomic E-state index is 12.5. The van der Waals surface area contributed by atoms with Gasteiger partial charge in [0, 0.05) is 5.92 Å². The van der Waals surface area contributed by atoms with Crippen molar-refractivity contribution in [2.24, 2.45) is 0 Å². The van der Waals surface area contributed by atoms with Gasteiger partial charge >= 0.3 is 0 Å². The first-order valence-electron chi connectivity index (χ1n) is 7.46. The van der Waals surface area contributed by atoms with E-state index < -0.39 is 0 Å². The van der Waals surface area contributed by atoms with Gasteiger partial charge in [0.25, 0.3) is 5.91 Å². The lowest BCUT2D eigenvalue weighted by Gasteiger charge is -2.11. The SMILES string of the molecule is CCCC(C)c1nnc(NC(=O)c2cccc(OC)c2OC)s1. The average Bonchev–Trinajstić information content (AvgIpc) is 3.02.